The number of hydrogen-bond acceptors (Lipinski definition) is 6. The molecule has 0 saturated heterocycles. The van der Waals surface area contributed by atoms with Gasteiger partial charge in [-0.05, 0) is 35.9 Å². The number of fused-ring (bicyclic) bond motifs is 1. The molecule has 2 N–H and O–H groups in total. The van der Waals surface area contributed by atoms with Gasteiger partial charge < -0.3 is 14.6 Å². The summed E-state index contributed by atoms with van der Waals surface area (Å²) >= 11 is 0. The van der Waals surface area contributed by atoms with Gasteiger partial charge in [0.2, 0.25) is 5.90 Å². The van der Waals surface area contributed by atoms with Gasteiger partial charge in [-0.15, -0.1) is 0 Å². The van der Waals surface area contributed by atoms with Crippen LogP contribution >= 0.6 is 0 Å². The van der Waals surface area contributed by atoms with E-state index in [-0.39, 0.29) is 17.4 Å². The van der Waals surface area contributed by atoms with Crippen LogP contribution < -0.4 is 9.47 Å². The molecule has 0 saturated carbocycles. The van der Waals surface area contributed by atoms with Gasteiger partial charge in [0, 0.05) is 29.3 Å². The quantitative estimate of drug-likeness (QED) is 0.590. The number of aliphatic imine (C=N–C) groups is 1. The lowest BCUT2D eigenvalue weighted by Crippen LogP contribution is -2.31. The molecule has 1 aliphatic rings. The maximum Gasteiger partial charge on any atom is 0.205 e. The zero-order chi connectivity index (χ0) is 22.0. The summed E-state index contributed by atoms with van der Waals surface area (Å²) in [6.45, 7) is 0. The topological polar surface area (TPSA) is 98.7 Å². The molecule has 0 fully saturated rings. The number of nitrogens with one attached hydrogen (secondary N) is 1. The molecule has 2 unspecified atom stereocenters. The Morgan fingerprint density at radius 1 is 1.19 bits per heavy atom. The predicted octanol–water partition coefficient (Wildman–Crippen LogP) is 4.93. The lowest BCUT2D eigenvalue weighted by Gasteiger charge is -2.30. The number of halogens is 1. The van der Waals surface area contributed by atoms with E-state index in [9.17, 15) is 14.8 Å². The van der Waals surface area contributed by atoms with Gasteiger partial charge in [-0.1, -0.05) is 24.3 Å². The van der Waals surface area contributed by atoms with Crippen molar-refractivity contribution in [3.05, 3.63) is 83.2 Å². The normalized spacial score (nSPS) is 17.6. The number of phenolic OH excluding ortho intramolecular Hbond substituents is 1. The number of hydrogen-bond donors (Lipinski definition) is 2. The largest absolute Gasteiger partial charge is 0.507 e. The van der Waals surface area contributed by atoms with Crippen LogP contribution in [0.1, 0.15) is 22.6 Å². The molecular formula is C24H18FN3O3. The smallest absolute Gasteiger partial charge is 0.205 e. The van der Waals surface area contributed by atoms with Gasteiger partial charge in [-0.3, -0.25) is 10.4 Å². The van der Waals surface area contributed by atoms with E-state index in [1.165, 1.54) is 24.4 Å². The Morgan fingerprint density at radius 3 is 2.74 bits per heavy atom. The highest BCUT2D eigenvalue weighted by molar-refractivity contribution is 5.90. The van der Waals surface area contributed by atoms with Crippen molar-refractivity contribution in [1.29, 1.82) is 10.7 Å². The molecule has 0 radical (unpaired) electrons. The van der Waals surface area contributed by atoms with E-state index in [2.05, 4.69) is 11.1 Å². The summed E-state index contributed by atoms with van der Waals surface area (Å²) in [6, 6.07) is 18.2. The van der Waals surface area contributed by atoms with Crippen LogP contribution in [0, 0.1) is 28.5 Å². The number of ether oxygens (including phenoxy) is 2. The van der Waals surface area contributed by atoms with E-state index < -0.39 is 17.7 Å². The molecule has 154 valence electrons. The van der Waals surface area contributed by atoms with Crippen LogP contribution in [0.15, 0.2) is 65.7 Å². The SMILES string of the molecule is COc1ccccc1N=Cc1cc2c(cc1O)OC(=N)C(C#N)C2c1cccc(F)c1. The second kappa shape index (κ2) is 8.28. The van der Waals surface area contributed by atoms with Gasteiger partial charge in [-0.2, -0.15) is 5.26 Å². The highest BCUT2D eigenvalue weighted by Crippen LogP contribution is 2.44. The van der Waals surface area contributed by atoms with E-state index in [4.69, 9.17) is 14.9 Å². The zero-order valence-corrected chi connectivity index (χ0v) is 16.5. The van der Waals surface area contributed by atoms with Gasteiger partial charge in [0.15, 0.2) is 0 Å². The van der Waals surface area contributed by atoms with Crippen LogP contribution in [0.3, 0.4) is 0 Å². The Morgan fingerprint density at radius 2 is 2.00 bits per heavy atom. The lowest BCUT2D eigenvalue weighted by molar-refractivity contribution is 0.416. The first kappa shape index (κ1) is 20.1. The molecular weight excluding hydrogens is 397 g/mol. The van der Waals surface area contributed by atoms with Crippen molar-refractivity contribution in [2.45, 2.75) is 5.92 Å². The second-order valence-corrected chi connectivity index (χ2v) is 6.98. The number of phenols is 1. The first-order chi connectivity index (χ1) is 15.0. The summed E-state index contributed by atoms with van der Waals surface area (Å²) in [5, 5.41) is 28.3. The highest BCUT2D eigenvalue weighted by atomic mass is 19.1. The van der Waals surface area contributed by atoms with E-state index in [0.29, 0.717) is 28.1 Å². The number of nitrogens with zero attached hydrogens (tertiary/aromatic N) is 2. The molecule has 0 amide bonds. The molecule has 1 heterocycles. The molecule has 0 aliphatic carbocycles. The van der Waals surface area contributed by atoms with Crippen molar-refractivity contribution >= 4 is 17.8 Å². The third-order valence-corrected chi connectivity index (χ3v) is 5.10. The van der Waals surface area contributed by atoms with Crippen molar-refractivity contribution in [2.75, 3.05) is 7.11 Å². The summed E-state index contributed by atoms with van der Waals surface area (Å²) in [6.07, 6.45) is 1.48. The van der Waals surface area contributed by atoms with Crippen molar-refractivity contribution in [3.63, 3.8) is 0 Å². The van der Waals surface area contributed by atoms with Gasteiger partial charge >= 0.3 is 0 Å². The van der Waals surface area contributed by atoms with Crippen LogP contribution in [-0.2, 0) is 0 Å². The van der Waals surface area contributed by atoms with Crippen LogP contribution in [-0.4, -0.2) is 24.3 Å². The van der Waals surface area contributed by atoms with E-state index >= 15 is 0 Å². The molecule has 31 heavy (non-hydrogen) atoms. The molecule has 4 rings (SSSR count). The summed E-state index contributed by atoms with van der Waals surface area (Å²) in [5.41, 5.74) is 2.07. The maximum atomic E-state index is 13.9. The van der Waals surface area contributed by atoms with E-state index in [1.807, 2.05) is 12.1 Å². The molecule has 2 atom stereocenters. The first-order valence-corrected chi connectivity index (χ1v) is 9.47. The fraction of sp³-hybridized carbons (Fsp3) is 0.125. The monoisotopic (exact) mass is 415 g/mol. The summed E-state index contributed by atoms with van der Waals surface area (Å²) in [4.78, 5) is 4.40. The number of nitriles is 1. The minimum absolute atomic E-state index is 0.0985. The summed E-state index contributed by atoms with van der Waals surface area (Å²) < 4.78 is 24.7. The average Bonchev–Trinajstić information content (AvgIpc) is 2.77. The minimum atomic E-state index is -0.933. The van der Waals surface area contributed by atoms with Crippen LogP contribution in [0.2, 0.25) is 0 Å². The number of rotatable bonds is 4. The van der Waals surface area contributed by atoms with Crippen LogP contribution in [0.25, 0.3) is 0 Å². The predicted molar refractivity (Wildman–Crippen MR) is 114 cm³/mol. The Kier molecular flexibility index (Phi) is 5.37. The van der Waals surface area contributed by atoms with Crippen molar-refractivity contribution in [3.8, 4) is 23.3 Å². The molecule has 3 aromatic carbocycles. The fourth-order valence-electron chi connectivity index (χ4n) is 3.63. The zero-order valence-electron chi connectivity index (χ0n) is 16.5. The maximum absolute atomic E-state index is 13.9. The van der Waals surface area contributed by atoms with Gasteiger partial charge in [0.1, 0.15) is 34.7 Å². The molecule has 7 heteroatoms. The van der Waals surface area contributed by atoms with Crippen LogP contribution in [0.5, 0.6) is 17.2 Å². The second-order valence-electron chi connectivity index (χ2n) is 6.98. The van der Waals surface area contributed by atoms with Crippen molar-refractivity contribution < 1.29 is 19.0 Å². The standard InChI is InChI=1S/C24H18FN3O3/c1-30-21-8-3-2-7-19(21)28-13-15-10-17-22(11-20(15)29)31-24(27)18(12-26)23(17)14-5-4-6-16(25)9-14/h2-11,13,18,23,27,29H,1H3. The Hall–Kier alpha value is -4.18. The van der Waals surface area contributed by atoms with Gasteiger partial charge in [0.25, 0.3) is 0 Å². The molecule has 1 aliphatic heterocycles. The third kappa shape index (κ3) is 3.83. The Balaban J connectivity index is 1.82. The number of aromatic hydroxyl groups is 1. The highest BCUT2D eigenvalue weighted by Gasteiger charge is 2.37. The van der Waals surface area contributed by atoms with Crippen molar-refractivity contribution in [2.24, 2.45) is 10.9 Å². The summed E-state index contributed by atoms with van der Waals surface area (Å²) in [7, 11) is 1.54. The molecule has 3 aromatic rings. The number of benzene rings is 3. The molecule has 6 nitrogen and oxygen atoms in total. The van der Waals surface area contributed by atoms with E-state index in [1.54, 1.807) is 37.4 Å². The Labute approximate surface area is 178 Å². The lowest BCUT2D eigenvalue weighted by atomic mass is 9.78. The average molecular weight is 415 g/mol. The van der Waals surface area contributed by atoms with Gasteiger partial charge in [0.05, 0.1) is 13.2 Å². The molecule has 0 bridgehead atoms. The van der Waals surface area contributed by atoms with E-state index in [0.717, 1.165) is 0 Å². The molecule has 0 aromatic heterocycles. The number of para-hydroxylation sites is 2. The third-order valence-electron chi connectivity index (χ3n) is 5.10. The Bertz CT molecular complexity index is 1230. The summed E-state index contributed by atoms with van der Waals surface area (Å²) in [5.74, 6) is -1.52. The van der Waals surface area contributed by atoms with Gasteiger partial charge in [-0.25, -0.2) is 4.39 Å². The molecule has 0 spiro atoms. The van der Waals surface area contributed by atoms with Crippen LogP contribution in [0.4, 0.5) is 10.1 Å². The minimum Gasteiger partial charge on any atom is -0.507 e. The fourth-order valence-corrected chi connectivity index (χ4v) is 3.63. The van der Waals surface area contributed by atoms with Crippen molar-refractivity contribution in [1.82, 2.24) is 0 Å². The first-order valence-electron chi connectivity index (χ1n) is 9.47. The number of methoxy groups -OCH3 is 1.